The Bertz CT molecular complexity index is 451. The zero-order valence-corrected chi connectivity index (χ0v) is 10.1. The number of benzene rings is 1. The van der Waals surface area contributed by atoms with Gasteiger partial charge in [-0.25, -0.2) is 0 Å². The van der Waals surface area contributed by atoms with Crippen LogP contribution < -0.4 is 4.74 Å². The maximum Gasteiger partial charge on any atom is 0.323 e. The second-order valence-electron chi connectivity index (χ2n) is 4.29. The number of amides is 1. The Labute approximate surface area is 105 Å². The van der Waals surface area contributed by atoms with Crippen LogP contribution in [0.3, 0.4) is 0 Å². The fourth-order valence-electron chi connectivity index (χ4n) is 1.80. The van der Waals surface area contributed by atoms with E-state index < -0.39 is 5.97 Å². The predicted molar refractivity (Wildman–Crippen MR) is 64.7 cm³/mol. The molecule has 1 aromatic carbocycles. The highest BCUT2D eigenvalue weighted by atomic mass is 16.5. The molecule has 1 N–H and O–H groups in total. The number of aliphatic carboxylic acids is 1. The van der Waals surface area contributed by atoms with E-state index in [0.717, 1.165) is 12.8 Å². The van der Waals surface area contributed by atoms with Crippen molar-refractivity contribution in [3.8, 4) is 5.75 Å². The number of hydrogen-bond donors (Lipinski definition) is 1. The van der Waals surface area contributed by atoms with Gasteiger partial charge in [0.05, 0.1) is 7.11 Å². The molecule has 1 fully saturated rings. The average Bonchev–Trinajstić information content (AvgIpc) is 3.19. The predicted octanol–water partition coefficient (Wildman–Crippen LogP) is 1.38. The standard InChI is InChI=1S/C13H15NO4/c1-18-11-6-2-9(3-7-11)13(17)14(8-12(15)16)10-4-5-10/h2-3,6-7,10H,4-5,8H2,1H3,(H,15,16). The maximum absolute atomic E-state index is 12.2. The number of carboxylic acid groups (broad SMARTS) is 1. The summed E-state index contributed by atoms with van der Waals surface area (Å²) in [7, 11) is 1.55. The Morgan fingerprint density at radius 2 is 1.94 bits per heavy atom. The summed E-state index contributed by atoms with van der Waals surface area (Å²) < 4.78 is 5.01. The number of carbonyl (C=O) groups excluding carboxylic acids is 1. The van der Waals surface area contributed by atoms with Gasteiger partial charge in [-0.2, -0.15) is 0 Å². The summed E-state index contributed by atoms with van der Waals surface area (Å²) in [5, 5.41) is 8.82. The average molecular weight is 249 g/mol. The lowest BCUT2D eigenvalue weighted by molar-refractivity contribution is -0.137. The molecular formula is C13H15NO4. The summed E-state index contributed by atoms with van der Waals surface area (Å²) in [5.41, 5.74) is 0.490. The Hall–Kier alpha value is -2.04. The fraction of sp³-hybridized carbons (Fsp3) is 0.385. The molecule has 0 atom stereocenters. The summed E-state index contributed by atoms with van der Waals surface area (Å²) >= 11 is 0. The zero-order chi connectivity index (χ0) is 13.1. The van der Waals surface area contributed by atoms with Crippen molar-refractivity contribution in [1.82, 2.24) is 4.90 Å². The molecule has 0 aromatic heterocycles. The fourth-order valence-corrected chi connectivity index (χ4v) is 1.80. The summed E-state index contributed by atoms with van der Waals surface area (Å²) in [6, 6.07) is 6.77. The minimum atomic E-state index is -0.983. The third-order valence-corrected chi connectivity index (χ3v) is 2.89. The summed E-state index contributed by atoms with van der Waals surface area (Å²) in [6.45, 7) is -0.241. The van der Waals surface area contributed by atoms with Gasteiger partial charge in [-0.05, 0) is 37.1 Å². The second kappa shape index (κ2) is 5.08. The number of rotatable bonds is 5. The van der Waals surface area contributed by atoms with Gasteiger partial charge in [0, 0.05) is 11.6 Å². The molecule has 1 amide bonds. The maximum atomic E-state index is 12.2. The van der Waals surface area contributed by atoms with Crippen molar-refractivity contribution in [2.75, 3.05) is 13.7 Å². The molecule has 5 nitrogen and oxygen atoms in total. The highest BCUT2D eigenvalue weighted by molar-refractivity contribution is 5.96. The van der Waals surface area contributed by atoms with Crippen LogP contribution in [0.15, 0.2) is 24.3 Å². The van der Waals surface area contributed by atoms with E-state index >= 15 is 0 Å². The van der Waals surface area contributed by atoms with Gasteiger partial charge in [0.25, 0.3) is 5.91 Å². The molecule has 0 saturated heterocycles. The van der Waals surface area contributed by atoms with Gasteiger partial charge in [-0.3, -0.25) is 9.59 Å². The van der Waals surface area contributed by atoms with Crippen LogP contribution >= 0.6 is 0 Å². The lowest BCUT2D eigenvalue weighted by Crippen LogP contribution is -2.37. The normalized spacial score (nSPS) is 14.1. The third-order valence-electron chi connectivity index (χ3n) is 2.89. The highest BCUT2D eigenvalue weighted by Gasteiger charge is 2.34. The number of carboxylic acids is 1. The van der Waals surface area contributed by atoms with Gasteiger partial charge < -0.3 is 14.7 Å². The van der Waals surface area contributed by atoms with E-state index in [1.165, 1.54) is 4.90 Å². The van der Waals surface area contributed by atoms with Gasteiger partial charge in [0.2, 0.25) is 0 Å². The van der Waals surface area contributed by atoms with Crippen LogP contribution in [0.1, 0.15) is 23.2 Å². The molecule has 1 saturated carbocycles. The van der Waals surface area contributed by atoms with Crippen molar-refractivity contribution >= 4 is 11.9 Å². The lowest BCUT2D eigenvalue weighted by Gasteiger charge is -2.20. The van der Waals surface area contributed by atoms with Gasteiger partial charge in [-0.15, -0.1) is 0 Å². The van der Waals surface area contributed by atoms with E-state index in [2.05, 4.69) is 0 Å². The van der Waals surface area contributed by atoms with Crippen molar-refractivity contribution in [2.24, 2.45) is 0 Å². The monoisotopic (exact) mass is 249 g/mol. The Kier molecular flexibility index (Phi) is 3.50. The minimum Gasteiger partial charge on any atom is -0.497 e. The van der Waals surface area contributed by atoms with Gasteiger partial charge in [0.15, 0.2) is 0 Å². The second-order valence-corrected chi connectivity index (χ2v) is 4.29. The first-order valence-corrected chi connectivity index (χ1v) is 5.78. The van der Waals surface area contributed by atoms with Crippen LogP contribution in [0.25, 0.3) is 0 Å². The van der Waals surface area contributed by atoms with E-state index in [1.807, 2.05) is 0 Å². The molecule has 0 radical (unpaired) electrons. The SMILES string of the molecule is COc1ccc(C(=O)N(CC(=O)O)C2CC2)cc1. The number of ether oxygens (including phenoxy) is 1. The van der Waals surface area contributed by atoms with Crippen LogP contribution in [0.2, 0.25) is 0 Å². The van der Waals surface area contributed by atoms with Gasteiger partial charge >= 0.3 is 5.97 Å². The highest BCUT2D eigenvalue weighted by Crippen LogP contribution is 2.28. The van der Waals surface area contributed by atoms with Crippen molar-refractivity contribution in [1.29, 1.82) is 0 Å². The van der Waals surface area contributed by atoms with Crippen LogP contribution in [-0.2, 0) is 4.79 Å². The van der Waals surface area contributed by atoms with E-state index in [1.54, 1.807) is 31.4 Å². The smallest absolute Gasteiger partial charge is 0.323 e. The van der Waals surface area contributed by atoms with E-state index in [-0.39, 0.29) is 18.5 Å². The Balaban J connectivity index is 2.13. The van der Waals surface area contributed by atoms with Gasteiger partial charge in [0.1, 0.15) is 12.3 Å². The quantitative estimate of drug-likeness (QED) is 0.856. The Morgan fingerprint density at radius 3 is 2.39 bits per heavy atom. The topological polar surface area (TPSA) is 66.8 Å². The number of hydrogen-bond acceptors (Lipinski definition) is 3. The molecule has 1 aromatic rings. The summed E-state index contributed by atoms with van der Waals surface area (Å²) in [5.74, 6) is -0.547. The van der Waals surface area contributed by atoms with E-state index in [9.17, 15) is 9.59 Å². The number of methoxy groups -OCH3 is 1. The molecule has 0 heterocycles. The number of carbonyl (C=O) groups is 2. The molecule has 1 aliphatic carbocycles. The molecule has 0 spiro atoms. The van der Waals surface area contributed by atoms with Crippen LogP contribution in [0, 0.1) is 0 Å². The molecule has 96 valence electrons. The van der Waals surface area contributed by atoms with E-state index in [0.29, 0.717) is 11.3 Å². The molecule has 0 aliphatic heterocycles. The van der Waals surface area contributed by atoms with Crippen LogP contribution in [0.4, 0.5) is 0 Å². The first kappa shape index (κ1) is 12.4. The van der Waals surface area contributed by atoms with Crippen molar-refractivity contribution in [3.63, 3.8) is 0 Å². The summed E-state index contributed by atoms with van der Waals surface area (Å²) in [4.78, 5) is 24.4. The summed E-state index contributed by atoms with van der Waals surface area (Å²) in [6.07, 6.45) is 1.77. The first-order valence-electron chi connectivity index (χ1n) is 5.78. The number of nitrogens with zero attached hydrogens (tertiary/aromatic N) is 1. The van der Waals surface area contributed by atoms with E-state index in [4.69, 9.17) is 9.84 Å². The minimum absolute atomic E-state index is 0.0794. The van der Waals surface area contributed by atoms with Crippen molar-refractivity contribution in [2.45, 2.75) is 18.9 Å². The molecule has 5 heteroatoms. The largest absolute Gasteiger partial charge is 0.497 e. The van der Waals surface area contributed by atoms with Crippen LogP contribution in [-0.4, -0.2) is 41.6 Å². The third kappa shape index (κ3) is 2.80. The Morgan fingerprint density at radius 1 is 1.33 bits per heavy atom. The zero-order valence-electron chi connectivity index (χ0n) is 10.1. The molecule has 2 rings (SSSR count). The van der Waals surface area contributed by atoms with Crippen molar-refractivity contribution in [3.05, 3.63) is 29.8 Å². The molecule has 0 bridgehead atoms. The lowest BCUT2D eigenvalue weighted by atomic mass is 10.2. The molecular weight excluding hydrogens is 234 g/mol. The van der Waals surface area contributed by atoms with Gasteiger partial charge in [-0.1, -0.05) is 0 Å². The molecule has 0 unspecified atom stereocenters. The molecule has 18 heavy (non-hydrogen) atoms. The molecule has 1 aliphatic rings. The van der Waals surface area contributed by atoms with Crippen molar-refractivity contribution < 1.29 is 19.4 Å². The van der Waals surface area contributed by atoms with Crippen LogP contribution in [0.5, 0.6) is 5.75 Å². The first-order chi connectivity index (χ1) is 8.61.